The van der Waals surface area contributed by atoms with Crippen LogP contribution in [0.3, 0.4) is 0 Å². The highest BCUT2D eigenvalue weighted by atomic mass is 35.5. The lowest BCUT2D eigenvalue weighted by atomic mass is 9.89. The van der Waals surface area contributed by atoms with Crippen molar-refractivity contribution in [3.05, 3.63) is 0 Å². The number of hydrogen-bond donors (Lipinski definition) is 1. The molecule has 5 nitrogen and oxygen atoms in total. The van der Waals surface area contributed by atoms with E-state index in [2.05, 4.69) is 34.0 Å². The van der Waals surface area contributed by atoms with E-state index in [-0.39, 0.29) is 18.4 Å². The molecular formula is C16H31ClN4O. The zero-order chi connectivity index (χ0) is 14.9. The maximum atomic E-state index is 12.6. The van der Waals surface area contributed by atoms with Crippen molar-refractivity contribution in [3.8, 4) is 0 Å². The number of likely N-dealkylation sites (tertiary alicyclic amines) is 1. The predicted molar refractivity (Wildman–Crippen MR) is 91.5 cm³/mol. The predicted octanol–water partition coefficient (Wildman–Crippen LogP) is 0.646. The molecule has 0 spiro atoms. The van der Waals surface area contributed by atoms with Crippen LogP contribution in [-0.2, 0) is 4.79 Å². The summed E-state index contributed by atoms with van der Waals surface area (Å²) in [7, 11) is 2.08. The monoisotopic (exact) mass is 330 g/mol. The van der Waals surface area contributed by atoms with Gasteiger partial charge in [-0.1, -0.05) is 6.92 Å². The molecule has 0 aromatic heterocycles. The standard InChI is InChI=1S/C16H30N4O.ClH/c1-16(5-6-17-12-16)13-19-8-10-20(11-9-19)15(21)14-4-3-7-18(14)2;/h14,17H,3-13H2,1-2H3;1H. The van der Waals surface area contributed by atoms with Gasteiger partial charge in [0, 0.05) is 39.3 Å². The Labute approximate surface area is 140 Å². The van der Waals surface area contributed by atoms with Crippen LogP contribution < -0.4 is 5.32 Å². The maximum Gasteiger partial charge on any atom is 0.240 e. The van der Waals surface area contributed by atoms with Crippen molar-refractivity contribution < 1.29 is 4.79 Å². The van der Waals surface area contributed by atoms with Gasteiger partial charge in [-0.25, -0.2) is 0 Å². The van der Waals surface area contributed by atoms with Crippen LogP contribution in [0.1, 0.15) is 26.2 Å². The van der Waals surface area contributed by atoms with Crippen LogP contribution >= 0.6 is 12.4 Å². The van der Waals surface area contributed by atoms with Crippen LogP contribution in [0.4, 0.5) is 0 Å². The molecule has 128 valence electrons. The number of nitrogens with one attached hydrogen (secondary N) is 1. The van der Waals surface area contributed by atoms with Gasteiger partial charge in [-0.15, -0.1) is 12.4 Å². The fourth-order valence-corrected chi connectivity index (χ4v) is 4.10. The summed E-state index contributed by atoms with van der Waals surface area (Å²) >= 11 is 0. The summed E-state index contributed by atoms with van der Waals surface area (Å²) in [5, 5.41) is 3.47. The zero-order valence-electron chi connectivity index (χ0n) is 14.0. The number of halogens is 1. The molecule has 0 aromatic rings. The molecule has 3 aliphatic rings. The summed E-state index contributed by atoms with van der Waals surface area (Å²) in [6, 6.07) is 0.146. The van der Waals surface area contributed by atoms with Gasteiger partial charge in [0.25, 0.3) is 0 Å². The van der Waals surface area contributed by atoms with Gasteiger partial charge in [0.05, 0.1) is 6.04 Å². The normalized spacial score (nSPS) is 33.9. The molecule has 3 rings (SSSR count). The molecule has 0 aliphatic carbocycles. The molecule has 1 N–H and O–H groups in total. The van der Waals surface area contributed by atoms with Crippen molar-refractivity contribution in [1.29, 1.82) is 0 Å². The van der Waals surface area contributed by atoms with Gasteiger partial charge in [-0.2, -0.15) is 0 Å². The highest BCUT2D eigenvalue weighted by molar-refractivity contribution is 5.85. The Hall–Kier alpha value is -0.360. The van der Waals surface area contributed by atoms with Crippen molar-refractivity contribution in [2.45, 2.75) is 32.2 Å². The van der Waals surface area contributed by atoms with E-state index >= 15 is 0 Å². The summed E-state index contributed by atoms with van der Waals surface area (Å²) in [5.41, 5.74) is 0.428. The van der Waals surface area contributed by atoms with Crippen LogP contribution in [0.2, 0.25) is 0 Å². The first kappa shape index (κ1) is 18.0. The molecule has 0 aromatic carbocycles. The topological polar surface area (TPSA) is 38.8 Å². The van der Waals surface area contributed by atoms with Gasteiger partial charge in [-0.3, -0.25) is 14.6 Å². The highest BCUT2D eigenvalue weighted by Crippen LogP contribution is 2.26. The van der Waals surface area contributed by atoms with E-state index in [1.54, 1.807) is 0 Å². The summed E-state index contributed by atoms with van der Waals surface area (Å²) in [5.74, 6) is 0.364. The summed E-state index contributed by atoms with van der Waals surface area (Å²) in [4.78, 5) is 19.4. The minimum Gasteiger partial charge on any atom is -0.339 e. The Balaban J connectivity index is 0.00000176. The van der Waals surface area contributed by atoms with Crippen LogP contribution in [0, 0.1) is 5.41 Å². The summed E-state index contributed by atoms with van der Waals surface area (Å²) in [6.45, 7) is 10.8. The van der Waals surface area contributed by atoms with E-state index < -0.39 is 0 Å². The molecule has 3 saturated heterocycles. The van der Waals surface area contributed by atoms with Gasteiger partial charge < -0.3 is 10.2 Å². The van der Waals surface area contributed by atoms with Gasteiger partial charge in [0.1, 0.15) is 0 Å². The fraction of sp³-hybridized carbons (Fsp3) is 0.938. The van der Waals surface area contributed by atoms with Gasteiger partial charge in [0.15, 0.2) is 0 Å². The summed E-state index contributed by atoms with van der Waals surface area (Å²) < 4.78 is 0. The number of amides is 1. The molecule has 2 unspecified atom stereocenters. The third-order valence-corrected chi connectivity index (χ3v) is 5.55. The van der Waals surface area contributed by atoms with Crippen molar-refractivity contribution in [2.24, 2.45) is 5.41 Å². The number of carbonyl (C=O) groups is 1. The average molecular weight is 331 g/mol. The second kappa shape index (κ2) is 7.47. The molecule has 0 saturated carbocycles. The molecule has 3 aliphatic heterocycles. The summed E-state index contributed by atoms with van der Waals surface area (Å²) in [6.07, 6.45) is 3.48. The Kier molecular flexibility index (Phi) is 6.11. The van der Waals surface area contributed by atoms with E-state index in [1.807, 2.05) is 0 Å². The molecule has 3 heterocycles. The number of rotatable bonds is 3. The molecule has 3 fully saturated rings. The number of nitrogens with zero attached hydrogens (tertiary/aromatic N) is 3. The second-order valence-corrected chi connectivity index (χ2v) is 7.48. The number of piperazine rings is 1. The SMILES string of the molecule is CN1CCCC1C(=O)N1CCN(CC2(C)CCNC2)CC1.Cl. The first-order valence-corrected chi connectivity index (χ1v) is 8.50. The van der Waals surface area contributed by atoms with E-state index in [0.29, 0.717) is 11.3 Å². The Morgan fingerprint density at radius 1 is 1.23 bits per heavy atom. The number of hydrogen-bond acceptors (Lipinski definition) is 4. The lowest BCUT2D eigenvalue weighted by Gasteiger charge is -2.39. The van der Waals surface area contributed by atoms with Crippen LogP contribution in [0.5, 0.6) is 0 Å². The molecule has 2 atom stereocenters. The molecule has 0 bridgehead atoms. The first-order chi connectivity index (χ1) is 10.1. The lowest BCUT2D eigenvalue weighted by molar-refractivity contribution is -0.137. The largest absolute Gasteiger partial charge is 0.339 e. The van der Waals surface area contributed by atoms with Crippen molar-refractivity contribution in [3.63, 3.8) is 0 Å². The second-order valence-electron chi connectivity index (χ2n) is 7.48. The molecule has 0 radical (unpaired) electrons. The van der Waals surface area contributed by atoms with Crippen molar-refractivity contribution in [1.82, 2.24) is 20.0 Å². The minimum absolute atomic E-state index is 0. The van der Waals surface area contributed by atoms with Crippen LogP contribution in [0.25, 0.3) is 0 Å². The third-order valence-electron chi connectivity index (χ3n) is 5.55. The van der Waals surface area contributed by atoms with Gasteiger partial charge in [0.2, 0.25) is 5.91 Å². The average Bonchev–Trinajstić information content (AvgIpc) is 3.08. The van der Waals surface area contributed by atoms with E-state index in [0.717, 1.165) is 58.7 Å². The highest BCUT2D eigenvalue weighted by Gasteiger charge is 2.35. The molecule has 1 amide bonds. The van der Waals surface area contributed by atoms with Crippen molar-refractivity contribution >= 4 is 18.3 Å². The molecular weight excluding hydrogens is 300 g/mol. The van der Waals surface area contributed by atoms with Crippen LogP contribution in [-0.4, -0.2) is 86.1 Å². The third kappa shape index (κ3) is 3.94. The number of likely N-dealkylation sites (N-methyl/N-ethyl adjacent to an activating group) is 1. The van der Waals surface area contributed by atoms with Crippen LogP contribution in [0.15, 0.2) is 0 Å². The quantitative estimate of drug-likeness (QED) is 0.824. The maximum absolute atomic E-state index is 12.6. The lowest BCUT2D eigenvalue weighted by Crippen LogP contribution is -2.54. The van der Waals surface area contributed by atoms with E-state index in [4.69, 9.17) is 0 Å². The van der Waals surface area contributed by atoms with Gasteiger partial charge >= 0.3 is 0 Å². The molecule has 6 heteroatoms. The Morgan fingerprint density at radius 3 is 2.50 bits per heavy atom. The zero-order valence-corrected chi connectivity index (χ0v) is 14.8. The molecule has 22 heavy (non-hydrogen) atoms. The number of carbonyl (C=O) groups excluding carboxylic acids is 1. The smallest absolute Gasteiger partial charge is 0.240 e. The van der Waals surface area contributed by atoms with Crippen molar-refractivity contribution in [2.75, 3.05) is 59.4 Å². The minimum atomic E-state index is 0. The Bertz CT molecular complexity index is 378. The Morgan fingerprint density at radius 2 is 1.95 bits per heavy atom. The fourth-order valence-electron chi connectivity index (χ4n) is 4.10. The van der Waals surface area contributed by atoms with E-state index in [1.165, 1.54) is 13.0 Å². The van der Waals surface area contributed by atoms with E-state index in [9.17, 15) is 4.79 Å². The van der Waals surface area contributed by atoms with Gasteiger partial charge in [-0.05, 0) is 44.8 Å². The first-order valence-electron chi connectivity index (χ1n) is 8.50.